The Hall–Kier alpha value is -2.83. The fourth-order valence-electron chi connectivity index (χ4n) is 5.97. The molecule has 2 fully saturated rings. The zero-order valence-corrected chi connectivity index (χ0v) is 18.1. The number of hydroxylamine groups is 2. The van der Waals surface area contributed by atoms with E-state index in [4.69, 9.17) is 9.57 Å². The Morgan fingerprint density at radius 3 is 2.74 bits per heavy atom. The molecule has 3 aliphatic heterocycles. The van der Waals surface area contributed by atoms with E-state index in [2.05, 4.69) is 40.2 Å². The molecular weight excluding hydrogens is 390 g/mol. The number of hydrogen-bond acceptors (Lipinski definition) is 4. The summed E-state index contributed by atoms with van der Waals surface area (Å²) in [6.07, 6.45) is 1.71. The molecule has 160 valence electrons. The van der Waals surface area contributed by atoms with Crippen molar-refractivity contribution < 1.29 is 14.4 Å². The van der Waals surface area contributed by atoms with Crippen LogP contribution in [0.15, 0.2) is 42.5 Å². The van der Waals surface area contributed by atoms with Crippen molar-refractivity contribution in [3.8, 4) is 16.9 Å². The van der Waals surface area contributed by atoms with Crippen LogP contribution >= 0.6 is 0 Å². The lowest BCUT2D eigenvalue weighted by molar-refractivity contribution is -0.146. The number of amides is 1. The number of ether oxygens (including phenoxy) is 1. The van der Waals surface area contributed by atoms with Gasteiger partial charge in [-0.3, -0.25) is 9.63 Å². The van der Waals surface area contributed by atoms with Gasteiger partial charge in [0.1, 0.15) is 5.75 Å². The number of nitrogens with one attached hydrogen (secondary N) is 1. The maximum Gasteiger partial charge on any atom is 0.230 e. The van der Waals surface area contributed by atoms with Gasteiger partial charge in [-0.05, 0) is 54.7 Å². The summed E-state index contributed by atoms with van der Waals surface area (Å²) in [5, 5.41) is 3.19. The van der Waals surface area contributed by atoms with Gasteiger partial charge in [0.25, 0.3) is 0 Å². The minimum absolute atomic E-state index is 0.0609. The fourth-order valence-corrected chi connectivity index (χ4v) is 5.97. The molecule has 2 saturated heterocycles. The second-order valence-corrected chi connectivity index (χ2v) is 8.96. The quantitative estimate of drug-likeness (QED) is 0.687. The Labute approximate surface area is 181 Å². The minimum Gasteiger partial charge on any atom is -0.497 e. The lowest BCUT2D eigenvalue weighted by atomic mass is 9.80. The molecule has 1 aromatic heterocycles. The zero-order chi connectivity index (χ0) is 21.3. The summed E-state index contributed by atoms with van der Waals surface area (Å²) in [5.41, 5.74) is 6.08. The molecule has 6 nitrogen and oxygen atoms in total. The van der Waals surface area contributed by atoms with Crippen LogP contribution in [0.2, 0.25) is 0 Å². The van der Waals surface area contributed by atoms with Crippen molar-refractivity contribution in [1.29, 1.82) is 0 Å². The molecule has 0 aliphatic carbocycles. The average Bonchev–Trinajstić information content (AvgIpc) is 3.31. The van der Waals surface area contributed by atoms with E-state index in [1.54, 1.807) is 7.11 Å². The second kappa shape index (κ2) is 6.84. The maximum absolute atomic E-state index is 13.4. The van der Waals surface area contributed by atoms with E-state index in [0.717, 1.165) is 30.7 Å². The molecule has 0 radical (unpaired) electrons. The molecule has 0 unspecified atom stereocenters. The van der Waals surface area contributed by atoms with Crippen LogP contribution in [-0.4, -0.2) is 53.7 Å². The smallest absolute Gasteiger partial charge is 0.230 e. The van der Waals surface area contributed by atoms with Crippen molar-refractivity contribution in [2.75, 3.05) is 20.7 Å². The highest BCUT2D eigenvalue weighted by Crippen LogP contribution is 2.47. The van der Waals surface area contributed by atoms with Crippen LogP contribution in [0, 0.1) is 5.92 Å². The Balaban J connectivity index is 1.46. The summed E-state index contributed by atoms with van der Waals surface area (Å²) in [6, 6.07) is 14.9. The second-order valence-electron chi connectivity index (χ2n) is 8.96. The third kappa shape index (κ3) is 2.68. The number of rotatable bonds is 2. The van der Waals surface area contributed by atoms with E-state index in [1.165, 1.54) is 27.8 Å². The number of hydrogen-bond donors (Lipinski definition) is 1. The van der Waals surface area contributed by atoms with Crippen molar-refractivity contribution in [2.24, 2.45) is 5.92 Å². The lowest BCUT2D eigenvalue weighted by Gasteiger charge is -2.44. The number of nitrogens with zero attached hydrogens (tertiary/aromatic N) is 2. The van der Waals surface area contributed by atoms with Crippen molar-refractivity contribution in [3.05, 3.63) is 53.7 Å². The molecule has 31 heavy (non-hydrogen) atoms. The first-order valence-electron chi connectivity index (χ1n) is 11.0. The van der Waals surface area contributed by atoms with E-state index < -0.39 is 0 Å². The molecule has 1 amide bonds. The number of piperidine rings is 1. The Morgan fingerprint density at radius 2 is 1.97 bits per heavy atom. The van der Waals surface area contributed by atoms with Gasteiger partial charge in [-0.1, -0.05) is 24.3 Å². The summed E-state index contributed by atoms with van der Waals surface area (Å²) in [7, 11) is 3.65. The highest BCUT2D eigenvalue weighted by molar-refractivity contribution is 5.99. The number of aromatic amines is 1. The number of benzene rings is 2. The van der Waals surface area contributed by atoms with Gasteiger partial charge in [-0.15, -0.1) is 0 Å². The molecule has 2 aromatic carbocycles. The zero-order valence-electron chi connectivity index (χ0n) is 18.1. The van der Waals surface area contributed by atoms with Crippen LogP contribution in [0.5, 0.6) is 5.75 Å². The summed E-state index contributed by atoms with van der Waals surface area (Å²) >= 11 is 0. The number of carbonyl (C=O) groups excluding carboxylic acids is 1. The highest BCUT2D eigenvalue weighted by atomic mass is 16.7. The Kier molecular flexibility index (Phi) is 4.17. The van der Waals surface area contributed by atoms with Gasteiger partial charge in [0, 0.05) is 30.2 Å². The third-order valence-corrected chi connectivity index (χ3v) is 7.43. The fraction of sp³-hybridized carbons (Fsp3) is 0.400. The van der Waals surface area contributed by atoms with E-state index in [1.807, 2.05) is 31.2 Å². The van der Waals surface area contributed by atoms with E-state index in [-0.39, 0.29) is 30.0 Å². The minimum atomic E-state index is -0.0676. The first-order chi connectivity index (χ1) is 15.1. The number of H-pyrrole nitrogens is 1. The number of carbonyl (C=O) groups is 1. The molecule has 0 bridgehead atoms. The van der Waals surface area contributed by atoms with Gasteiger partial charge in [0.2, 0.25) is 5.91 Å². The van der Waals surface area contributed by atoms with Gasteiger partial charge in [-0.25, -0.2) is 0 Å². The monoisotopic (exact) mass is 417 g/mol. The van der Waals surface area contributed by atoms with Crippen LogP contribution in [0.1, 0.15) is 30.6 Å². The van der Waals surface area contributed by atoms with E-state index >= 15 is 0 Å². The highest BCUT2D eigenvalue weighted by Gasteiger charge is 2.53. The molecule has 3 aliphatic rings. The summed E-state index contributed by atoms with van der Waals surface area (Å²) in [5.74, 6) is 1.02. The molecule has 0 spiro atoms. The van der Waals surface area contributed by atoms with Crippen LogP contribution < -0.4 is 4.74 Å². The van der Waals surface area contributed by atoms with Crippen molar-refractivity contribution in [1.82, 2.24) is 14.9 Å². The van der Waals surface area contributed by atoms with Crippen molar-refractivity contribution in [2.45, 2.75) is 38.0 Å². The molecular formula is C25H27N3O3. The number of fused-ring (bicyclic) bond motifs is 6. The SMILES string of the molecule is COc1ccc(-c2cccc3[nH]c4c(c23)CCN2C(=O)[C@H]3[C@H](C)ON(C)[C@H]3C[C@@H]42)cc1. The Bertz CT molecular complexity index is 1170. The lowest BCUT2D eigenvalue weighted by Crippen LogP contribution is -2.54. The molecule has 3 aromatic rings. The standard InChI is InChI=1S/C25H27N3O3/c1-14-22-20(27(2)31-14)13-21-24-18(11-12-28(21)25(22)29)23-17(5-4-6-19(23)26-24)15-7-9-16(30-3)10-8-15/h4-10,14,20-22,26H,11-13H2,1-3H3/t14-,20-,21-,22-/m0/s1. The van der Waals surface area contributed by atoms with Crippen LogP contribution in [-0.2, 0) is 16.1 Å². The topological polar surface area (TPSA) is 57.8 Å². The van der Waals surface area contributed by atoms with Crippen LogP contribution in [0.25, 0.3) is 22.0 Å². The molecule has 6 heteroatoms. The molecule has 1 N–H and O–H groups in total. The summed E-state index contributed by atoms with van der Waals surface area (Å²) < 4.78 is 5.33. The number of aromatic nitrogens is 1. The largest absolute Gasteiger partial charge is 0.497 e. The molecule has 6 rings (SSSR count). The van der Waals surface area contributed by atoms with E-state index in [0.29, 0.717) is 0 Å². The van der Waals surface area contributed by atoms with Crippen molar-refractivity contribution >= 4 is 16.8 Å². The van der Waals surface area contributed by atoms with Gasteiger partial charge in [-0.2, -0.15) is 5.06 Å². The average molecular weight is 418 g/mol. The third-order valence-electron chi connectivity index (χ3n) is 7.43. The predicted molar refractivity (Wildman–Crippen MR) is 119 cm³/mol. The van der Waals surface area contributed by atoms with Crippen molar-refractivity contribution in [3.63, 3.8) is 0 Å². The van der Waals surface area contributed by atoms with Gasteiger partial charge in [0.15, 0.2) is 0 Å². The summed E-state index contributed by atoms with van der Waals surface area (Å²) in [4.78, 5) is 25.0. The molecule has 4 heterocycles. The van der Waals surface area contributed by atoms with E-state index in [9.17, 15) is 4.79 Å². The van der Waals surface area contributed by atoms with Crippen LogP contribution in [0.4, 0.5) is 0 Å². The predicted octanol–water partition coefficient (Wildman–Crippen LogP) is 3.92. The first kappa shape index (κ1) is 18.9. The van der Waals surface area contributed by atoms with Gasteiger partial charge >= 0.3 is 0 Å². The van der Waals surface area contributed by atoms with Crippen LogP contribution in [0.3, 0.4) is 0 Å². The normalized spacial score (nSPS) is 27.8. The van der Waals surface area contributed by atoms with Gasteiger partial charge < -0.3 is 14.6 Å². The summed E-state index contributed by atoms with van der Waals surface area (Å²) in [6.45, 7) is 2.78. The maximum atomic E-state index is 13.4. The molecule has 0 saturated carbocycles. The number of methoxy groups -OCH3 is 1. The first-order valence-corrected chi connectivity index (χ1v) is 11.0. The molecule has 4 atom stereocenters. The van der Waals surface area contributed by atoms with Gasteiger partial charge in [0.05, 0.1) is 31.2 Å². The Morgan fingerprint density at radius 1 is 1.16 bits per heavy atom.